The standard InChI is InChI=1S/C24H18ClF2NO2S/c25-21-9-14(4-5-22(21)27)8-19-13-15-2-1-3-20(23(15)31-19)16-10-17(12-18(26)11-16)24(30)28-6-7-29/h1-5,9-13,29H,6-8H2,(H,28,30). The molecule has 1 amide bonds. The van der Waals surface area contributed by atoms with E-state index in [1.807, 2.05) is 18.2 Å². The number of nitrogens with one attached hydrogen (secondary N) is 1. The fourth-order valence-electron chi connectivity index (χ4n) is 3.43. The van der Waals surface area contributed by atoms with E-state index in [1.165, 1.54) is 18.2 Å². The monoisotopic (exact) mass is 457 g/mol. The highest BCUT2D eigenvalue weighted by Crippen LogP contribution is 2.36. The lowest BCUT2D eigenvalue weighted by Gasteiger charge is -2.08. The Bertz CT molecular complexity index is 1270. The van der Waals surface area contributed by atoms with E-state index in [2.05, 4.69) is 11.4 Å². The lowest BCUT2D eigenvalue weighted by Crippen LogP contribution is -2.26. The van der Waals surface area contributed by atoms with E-state index in [9.17, 15) is 13.6 Å². The molecule has 0 atom stereocenters. The molecule has 4 rings (SSSR count). The number of hydrogen-bond donors (Lipinski definition) is 2. The zero-order valence-electron chi connectivity index (χ0n) is 16.3. The second-order valence-corrected chi connectivity index (χ2v) is 8.61. The van der Waals surface area contributed by atoms with Gasteiger partial charge in [0.2, 0.25) is 0 Å². The smallest absolute Gasteiger partial charge is 0.251 e. The number of amides is 1. The number of benzene rings is 3. The molecule has 0 aliphatic rings. The molecule has 0 aliphatic carbocycles. The Morgan fingerprint density at radius 1 is 1.06 bits per heavy atom. The lowest BCUT2D eigenvalue weighted by molar-refractivity contribution is 0.0944. The third-order valence-corrected chi connectivity index (χ3v) is 6.30. The summed E-state index contributed by atoms with van der Waals surface area (Å²) in [6, 6.07) is 16.7. The van der Waals surface area contributed by atoms with E-state index in [-0.39, 0.29) is 23.7 Å². The van der Waals surface area contributed by atoms with Gasteiger partial charge in [-0.05, 0) is 58.5 Å². The fourth-order valence-corrected chi connectivity index (χ4v) is 4.86. The Morgan fingerprint density at radius 3 is 2.68 bits per heavy atom. The van der Waals surface area contributed by atoms with Crippen molar-refractivity contribution >= 4 is 38.9 Å². The molecular weight excluding hydrogens is 440 g/mol. The third kappa shape index (κ3) is 4.77. The second-order valence-electron chi connectivity index (χ2n) is 7.07. The summed E-state index contributed by atoms with van der Waals surface area (Å²) in [4.78, 5) is 13.3. The molecule has 0 saturated carbocycles. The van der Waals surface area contributed by atoms with Gasteiger partial charge in [0.05, 0.1) is 11.6 Å². The molecule has 7 heteroatoms. The molecule has 4 aromatic rings. The number of halogens is 3. The van der Waals surface area contributed by atoms with Crippen LogP contribution in [-0.4, -0.2) is 24.2 Å². The molecule has 0 unspecified atom stereocenters. The number of thiophene rings is 1. The fraction of sp³-hybridized carbons (Fsp3) is 0.125. The molecule has 1 aromatic heterocycles. The maximum Gasteiger partial charge on any atom is 0.251 e. The Kier molecular flexibility index (Phi) is 6.32. The predicted molar refractivity (Wildman–Crippen MR) is 121 cm³/mol. The predicted octanol–water partition coefficient (Wildman–Crippen LogP) is 5.81. The summed E-state index contributed by atoms with van der Waals surface area (Å²) < 4.78 is 28.7. The molecule has 31 heavy (non-hydrogen) atoms. The highest BCUT2D eigenvalue weighted by Gasteiger charge is 2.14. The van der Waals surface area contributed by atoms with Crippen molar-refractivity contribution in [3.63, 3.8) is 0 Å². The number of rotatable bonds is 6. The van der Waals surface area contributed by atoms with E-state index in [1.54, 1.807) is 29.5 Å². The molecule has 0 bridgehead atoms. The van der Waals surface area contributed by atoms with Crippen LogP contribution in [0.3, 0.4) is 0 Å². The number of carbonyl (C=O) groups excluding carboxylic acids is 1. The molecule has 0 fully saturated rings. The van der Waals surface area contributed by atoms with Gasteiger partial charge in [-0.1, -0.05) is 35.9 Å². The maximum absolute atomic E-state index is 14.3. The van der Waals surface area contributed by atoms with Gasteiger partial charge in [-0.3, -0.25) is 4.79 Å². The largest absolute Gasteiger partial charge is 0.395 e. The van der Waals surface area contributed by atoms with Crippen LogP contribution in [0.5, 0.6) is 0 Å². The average Bonchev–Trinajstić information content (AvgIpc) is 3.16. The van der Waals surface area contributed by atoms with E-state index < -0.39 is 17.5 Å². The minimum absolute atomic E-state index is 0.0889. The Labute approximate surface area is 186 Å². The van der Waals surface area contributed by atoms with Crippen LogP contribution in [0.1, 0.15) is 20.8 Å². The van der Waals surface area contributed by atoms with Gasteiger partial charge in [-0.25, -0.2) is 8.78 Å². The van der Waals surface area contributed by atoms with Crippen LogP contribution in [0, 0.1) is 11.6 Å². The first-order valence-electron chi connectivity index (χ1n) is 9.60. The van der Waals surface area contributed by atoms with Crippen LogP contribution in [0.25, 0.3) is 21.2 Å². The Balaban J connectivity index is 1.71. The zero-order chi connectivity index (χ0) is 22.0. The van der Waals surface area contributed by atoms with E-state index >= 15 is 0 Å². The van der Waals surface area contributed by atoms with Gasteiger partial charge in [-0.2, -0.15) is 0 Å². The van der Waals surface area contributed by atoms with Gasteiger partial charge < -0.3 is 10.4 Å². The zero-order valence-corrected chi connectivity index (χ0v) is 17.9. The Morgan fingerprint density at radius 2 is 1.90 bits per heavy atom. The van der Waals surface area contributed by atoms with E-state index in [0.29, 0.717) is 12.0 Å². The number of fused-ring (bicyclic) bond motifs is 1. The SMILES string of the molecule is O=C(NCCO)c1cc(F)cc(-c2cccc3cc(Cc4ccc(F)c(Cl)c4)sc23)c1. The molecule has 0 spiro atoms. The van der Waals surface area contributed by atoms with Crippen LogP contribution in [0.15, 0.2) is 60.7 Å². The number of hydrogen-bond acceptors (Lipinski definition) is 3. The summed E-state index contributed by atoms with van der Waals surface area (Å²) in [5, 5.41) is 12.5. The molecule has 3 nitrogen and oxygen atoms in total. The minimum atomic E-state index is -0.513. The number of carbonyl (C=O) groups is 1. The van der Waals surface area contributed by atoms with Gasteiger partial charge in [-0.15, -0.1) is 11.3 Å². The summed E-state index contributed by atoms with van der Waals surface area (Å²) in [5.41, 5.74) is 2.51. The van der Waals surface area contributed by atoms with E-state index in [4.69, 9.17) is 16.7 Å². The normalized spacial score (nSPS) is 11.1. The van der Waals surface area contributed by atoms with Gasteiger partial charge in [0.15, 0.2) is 0 Å². The van der Waals surface area contributed by atoms with Crippen LogP contribution >= 0.6 is 22.9 Å². The Hall–Kier alpha value is -2.80. The van der Waals surface area contributed by atoms with Crippen molar-refractivity contribution in [2.75, 3.05) is 13.2 Å². The van der Waals surface area contributed by atoms with Gasteiger partial charge >= 0.3 is 0 Å². The third-order valence-electron chi connectivity index (χ3n) is 4.83. The van der Waals surface area contributed by atoms with E-state index in [0.717, 1.165) is 26.1 Å². The summed E-state index contributed by atoms with van der Waals surface area (Å²) >= 11 is 7.46. The van der Waals surface area contributed by atoms with Gasteiger partial charge in [0.25, 0.3) is 5.91 Å². The van der Waals surface area contributed by atoms with Crippen LogP contribution in [-0.2, 0) is 6.42 Å². The number of aliphatic hydroxyl groups excluding tert-OH is 1. The first-order chi connectivity index (χ1) is 14.9. The first-order valence-corrected chi connectivity index (χ1v) is 10.8. The maximum atomic E-state index is 14.3. The van der Waals surface area contributed by atoms with Crippen molar-refractivity contribution in [2.24, 2.45) is 0 Å². The number of aliphatic hydroxyl groups is 1. The van der Waals surface area contributed by atoms with Crippen molar-refractivity contribution in [2.45, 2.75) is 6.42 Å². The molecular formula is C24H18ClF2NO2S. The van der Waals surface area contributed by atoms with Crippen molar-refractivity contribution < 1.29 is 18.7 Å². The van der Waals surface area contributed by atoms with Crippen molar-refractivity contribution in [3.05, 3.63) is 93.3 Å². The molecule has 0 saturated heterocycles. The summed E-state index contributed by atoms with van der Waals surface area (Å²) in [6.45, 7) is -0.0909. The van der Waals surface area contributed by atoms with Crippen molar-refractivity contribution in [1.82, 2.24) is 5.32 Å². The highest BCUT2D eigenvalue weighted by atomic mass is 35.5. The molecule has 3 aromatic carbocycles. The molecule has 158 valence electrons. The summed E-state index contributed by atoms with van der Waals surface area (Å²) in [7, 11) is 0. The lowest BCUT2D eigenvalue weighted by atomic mass is 10.0. The van der Waals surface area contributed by atoms with Gasteiger partial charge in [0.1, 0.15) is 11.6 Å². The highest BCUT2D eigenvalue weighted by molar-refractivity contribution is 7.19. The molecule has 1 heterocycles. The van der Waals surface area contributed by atoms with Crippen LogP contribution in [0.4, 0.5) is 8.78 Å². The molecule has 0 radical (unpaired) electrons. The molecule has 2 N–H and O–H groups in total. The van der Waals surface area contributed by atoms with Gasteiger partial charge in [0, 0.05) is 28.1 Å². The molecule has 0 aliphatic heterocycles. The second kappa shape index (κ2) is 9.14. The average molecular weight is 458 g/mol. The summed E-state index contributed by atoms with van der Waals surface area (Å²) in [5.74, 6) is -1.41. The van der Waals surface area contributed by atoms with Crippen LogP contribution < -0.4 is 5.32 Å². The van der Waals surface area contributed by atoms with Crippen LogP contribution in [0.2, 0.25) is 5.02 Å². The topological polar surface area (TPSA) is 49.3 Å². The summed E-state index contributed by atoms with van der Waals surface area (Å²) in [6.07, 6.45) is 0.594. The van der Waals surface area contributed by atoms with Crippen molar-refractivity contribution in [1.29, 1.82) is 0 Å². The van der Waals surface area contributed by atoms with Crippen molar-refractivity contribution in [3.8, 4) is 11.1 Å². The minimum Gasteiger partial charge on any atom is -0.395 e. The first kappa shape index (κ1) is 21.4. The quantitative estimate of drug-likeness (QED) is 0.383.